The molecule has 0 unspecified atom stereocenters. The normalized spacial score (nSPS) is 23.1. The first kappa shape index (κ1) is 14.3. The van der Waals surface area contributed by atoms with Gasteiger partial charge >= 0.3 is 6.09 Å². The zero-order valence-electron chi connectivity index (χ0n) is 11.5. The Morgan fingerprint density at radius 3 is 2.80 bits per heavy atom. The van der Waals surface area contributed by atoms with Gasteiger partial charge in [0, 0.05) is 24.0 Å². The zero-order chi connectivity index (χ0) is 14.4. The third-order valence-corrected chi connectivity index (χ3v) is 3.42. The number of hydrogen-bond acceptors (Lipinski definition) is 4. The Bertz CT molecular complexity index is 468. The lowest BCUT2D eigenvalue weighted by atomic mass is 9.93. The number of pyridine rings is 1. The van der Waals surface area contributed by atoms with Crippen LogP contribution in [0.25, 0.3) is 0 Å². The third kappa shape index (κ3) is 4.22. The standard InChI is InChI=1S/C14H19N3O3/c1-10(11-3-2-8-15-9-11)17-20-13-6-4-12(5-7-13)16-14(18)19/h2-3,8-9,12-13,16H,4-7H2,1H3,(H,18,19)/t12-,13-. The van der Waals surface area contributed by atoms with Crippen molar-refractivity contribution in [3.63, 3.8) is 0 Å². The second-order valence-corrected chi connectivity index (χ2v) is 4.95. The van der Waals surface area contributed by atoms with E-state index >= 15 is 0 Å². The number of amides is 1. The van der Waals surface area contributed by atoms with Gasteiger partial charge in [0.25, 0.3) is 0 Å². The molecule has 1 aliphatic rings. The first-order valence-electron chi connectivity index (χ1n) is 6.75. The van der Waals surface area contributed by atoms with E-state index in [1.807, 2.05) is 19.1 Å². The van der Waals surface area contributed by atoms with Gasteiger partial charge < -0.3 is 15.3 Å². The summed E-state index contributed by atoms with van der Waals surface area (Å²) in [4.78, 5) is 20.1. The van der Waals surface area contributed by atoms with Crippen LogP contribution in [-0.2, 0) is 4.84 Å². The molecule has 0 spiro atoms. The molecule has 6 heteroatoms. The number of nitrogens with one attached hydrogen (secondary N) is 1. The molecule has 1 aromatic heterocycles. The van der Waals surface area contributed by atoms with Crippen LogP contribution in [0.1, 0.15) is 38.2 Å². The lowest BCUT2D eigenvalue weighted by Gasteiger charge is -2.26. The molecule has 0 radical (unpaired) electrons. The summed E-state index contributed by atoms with van der Waals surface area (Å²) >= 11 is 0. The van der Waals surface area contributed by atoms with Crippen molar-refractivity contribution in [2.24, 2.45) is 5.16 Å². The predicted octanol–water partition coefficient (Wildman–Crippen LogP) is 2.40. The van der Waals surface area contributed by atoms with Crippen LogP contribution in [0, 0.1) is 0 Å². The van der Waals surface area contributed by atoms with Crippen LogP contribution in [-0.4, -0.2) is 34.0 Å². The third-order valence-electron chi connectivity index (χ3n) is 3.42. The van der Waals surface area contributed by atoms with Gasteiger partial charge in [-0.1, -0.05) is 5.16 Å². The lowest BCUT2D eigenvalue weighted by Crippen LogP contribution is -2.38. The van der Waals surface area contributed by atoms with E-state index in [-0.39, 0.29) is 12.1 Å². The molecule has 0 saturated heterocycles. The second-order valence-electron chi connectivity index (χ2n) is 4.95. The topological polar surface area (TPSA) is 83.8 Å². The quantitative estimate of drug-likeness (QED) is 0.654. The van der Waals surface area contributed by atoms with Gasteiger partial charge in [0.1, 0.15) is 6.10 Å². The van der Waals surface area contributed by atoms with Crippen LogP contribution in [0.2, 0.25) is 0 Å². The molecular weight excluding hydrogens is 258 g/mol. The fourth-order valence-corrected chi connectivity index (χ4v) is 2.27. The SMILES string of the molecule is CC(=NO[C@H]1CC[C@H](NC(=O)O)CC1)c1cccnc1. The fourth-order valence-electron chi connectivity index (χ4n) is 2.27. The summed E-state index contributed by atoms with van der Waals surface area (Å²) in [5.74, 6) is 0. The molecule has 0 aliphatic heterocycles. The number of carbonyl (C=O) groups is 1. The van der Waals surface area contributed by atoms with Crippen molar-refractivity contribution in [1.82, 2.24) is 10.3 Å². The van der Waals surface area contributed by atoms with E-state index in [0.717, 1.165) is 37.0 Å². The van der Waals surface area contributed by atoms with E-state index in [0.29, 0.717) is 0 Å². The van der Waals surface area contributed by atoms with E-state index in [1.165, 1.54) is 0 Å². The van der Waals surface area contributed by atoms with E-state index in [2.05, 4.69) is 15.5 Å². The van der Waals surface area contributed by atoms with Gasteiger partial charge in [0.05, 0.1) is 5.71 Å². The average molecular weight is 277 g/mol. The van der Waals surface area contributed by atoms with Gasteiger partial charge in [-0.3, -0.25) is 4.98 Å². The molecule has 1 fully saturated rings. The molecule has 1 heterocycles. The fraction of sp³-hybridized carbons (Fsp3) is 0.500. The number of hydrogen-bond donors (Lipinski definition) is 2. The Morgan fingerprint density at radius 2 is 2.20 bits per heavy atom. The number of aromatic nitrogens is 1. The molecular formula is C14H19N3O3. The maximum Gasteiger partial charge on any atom is 0.404 e. The van der Waals surface area contributed by atoms with Crippen molar-refractivity contribution in [2.45, 2.75) is 44.8 Å². The number of oxime groups is 1. The van der Waals surface area contributed by atoms with Crippen LogP contribution >= 0.6 is 0 Å². The molecule has 108 valence electrons. The van der Waals surface area contributed by atoms with Gasteiger partial charge in [-0.25, -0.2) is 4.79 Å². The maximum absolute atomic E-state index is 10.6. The number of rotatable bonds is 4. The van der Waals surface area contributed by atoms with Crippen molar-refractivity contribution >= 4 is 11.8 Å². The summed E-state index contributed by atoms with van der Waals surface area (Å²) in [6, 6.07) is 3.83. The van der Waals surface area contributed by atoms with E-state index in [9.17, 15) is 4.79 Å². The van der Waals surface area contributed by atoms with E-state index in [1.54, 1.807) is 12.4 Å². The largest absolute Gasteiger partial charge is 0.465 e. The first-order valence-corrected chi connectivity index (χ1v) is 6.75. The highest BCUT2D eigenvalue weighted by Gasteiger charge is 2.23. The van der Waals surface area contributed by atoms with Crippen molar-refractivity contribution in [3.05, 3.63) is 30.1 Å². The summed E-state index contributed by atoms with van der Waals surface area (Å²) in [5, 5.41) is 15.3. The van der Waals surface area contributed by atoms with E-state index in [4.69, 9.17) is 9.94 Å². The molecule has 0 aromatic carbocycles. The Hall–Kier alpha value is -2.11. The summed E-state index contributed by atoms with van der Waals surface area (Å²) in [5.41, 5.74) is 1.73. The molecule has 20 heavy (non-hydrogen) atoms. The molecule has 2 N–H and O–H groups in total. The highest BCUT2D eigenvalue weighted by atomic mass is 16.6. The zero-order valence-corrected chi connectivity index (χ0v) is 11.5. The summed E-state index contributed by atoms with van der Waals surface area (Å²) in [6.45, 7) is 1.88. The monoisotopic (exact) mass is 277 g/mol. The van der Waals surface area contributed by atoms with Crippen LogP contribution in [0.4, 0.5) is 4.79 Å². The average Bonchev–Trinajstić information content (AvgIpc) is 2.46. The number of carboxylic acid groups (broad SMARTS) is 1. The maximum atomic E-state index is 10.6. The molecule has 1 aliphatic carbocycles. The number of nitrogens with zero attached hydrogens (tertiary/aromatic N) is 2. The Kier molecular flexibility index (Phi) is 4.92. The van der Waals surface area contributed by atoms with Gasteiger partial charge in [0.15, 0.2) is 0 Å². The molecule has 0 atom stereocenters. The van der Waals surface area contributed by atoms with Gasteiger partial charge in [-0.05, 0) is 44.7 Å². The first-order chi connectivity index (χ1) is 9.65. The highest BCUT2D eigenvalue weighted by molar-refractivity contribution is 5.97. The Labute approximate surface area is 117 Å². The van der Waals surface area contributed by atoms with Crippen molar-refractivity contribution < 1.29 is 14.7 Å². The van der Waals surface area contributed by atoms with Gasteiger partial charge in [-0.15, -0.1) is 0 Å². The summed E-state index contributed by atoms with van der Waals surface area (Å²) < 4.78 is 0. The molecule has 2 rings (SSSR count). The van der Waals surface area contributed by atoms with Crippen molar-refractivity contribution in [3.8, 4) is 0 Å². The summed E-state index contributed by atoms with van der Waals surface area (Å²) in [7, 11) is 0. The van der Waals surface area contributed by atoms with Crippen LogP contribution in [0.3, 0.4) is 0 Å². The van der Waals surface area contributed by atoms with Crippen molar-refractivity contribution in [1.29, 1.82) is 0 Å². The molecule has 1 saturated carbocycles. The van der Waals surface area contributed by atoms with Crippen LogP contribution in [0.5, 0.6) is 0 Å². The Balaban J connectivity index is 1.80. The van der Waals surface area contributed by atoms with Crippen LogP contribution < -0.4 is 5.32 Å². The summed E-state index contributed by atoms with van der Waals surface area (Å²) in [6.07, 6.45) is 5.78. The lowest BCUT2D eigenvalue weighted by molar-refractivity contribution is 0.0268. The Morgan fingerprint density at radius 1 is 1.45 bits per heavy atom. The minimum atomic E-state index is -0.959. The van der Waals surface area contributed by atoms with Gasteiger partial charge in [0.2, 0.25) is 0 Å². The second kappa shape index (κ2) is 6.88. The molecule has 6 nitrogen and oxygen atoms in total. The van der Waals surface area contributed by atoms with Gasteiger partial charge in [-0.2, -0.15) is 0 Å². The molecule has 1 aromatic rings. The molecule has 1 amide bonds. The van der Waals surface area contributed by atoms with Crippen molar-refractivity contribution in [2.75, 3.05) is 0 Å². The minimum absolute atomic E-state index is 0.0377. The van der Waals surface area contributed by atoms with Crippen LogP contribution in [0.15, 0.2) is 29.7 Å². The molecule has 0 bridgehead atoms. The smallest absolute Gasteiger partial charge is 0.404 e. The minimum Gasteiger partial charge on any atom is -0.465 e. The highest BCUT2D eigenvalue weighted by Crippen LogP contribution is 2.21. The predicted molar refractivity (Wildman–Crippen MR) is 74.7 cm³/mol. The van der Waals surface area contributed by atoms with E-state index < -0.39 is 6.09 Å².